The number of hydrogen-bond acceptors (Lipinski definition) is 3. The van der Waals surface area contributed by atoms with Crippen LogP contribution in [0.3, 0.4) is 0 Å². The van der Waals surface area contributed by atoms with Gasteiger partial charge in [-0.2, -0.15) is 13.2 Å². The average Bonchev–Trinajstić information content (AvgIpc) is 2.64. The number of furan rings is 1. The zero-order valence-corrected chi connectivity index (χ0v) is 9.46. The fourth-order valence-electron chi connectivity index (χ4n) is 1.01. The van der Waals surface area contributed by atoms with Gasteiger partial charge in [-0.05, 0) is 26.0 Å². The van der Waals surface area contributed by atoms with Crippen molar-refractivity contribution < 1.29 is 32.3 Å². The van der Waals surface area contributed by atoms with Crippen molar-refractivity contribution in [3.63, 3.8) is 0 Å². The molecule has 0 bridgehead atoms. The van der Waals surface area contributed by atoms with E-state index >= 15 is 0 Å². The monoisotopic (exact) mass is 265 g/mol. The van der Waals surface area contributed by atoms with E-state index in [0.29, 0.717) is 6.07 Å². The molecule has 18 heavy (non-hydrogen) atoms. The zero-order valence-electron chi connectivity index (χ0n) is 9.46. The summed E-state index contributed by atoms with van der Waals surface area (Å²) in [5.41, 5.74) is -1.61. The first kappa shape index (κ1) is 14.1. The van der Waals surface area contributed by atoms with Crippen LogP contribution < -0.4 is 5.32 Å². The highest BCUT2D eigenvalue weighted by atomic mass is 19.4. The van der Waals surface area contributed by atoms with Crippen LogP contribution in [0.4, 0.5) is 13.2 Å². The van der Waals surface area contributed by atoms with Crippen LogP contribution in [0.2, 0.25) is 0 Å². The van der Waals surface area contributed by atoms with Gasteiger partial charge in [0.05, 0.1) is 0 Å². The number of rotatable bonds is 3. The van der Waals surface area contributed by atoms with Gasteiger partial charge in [0.1, 0.15) is 5.54 Å². The predicted molar refractivity (Wildman–Crippen MR) is 52.9 cm³/mol. The van der Waals surface area contributed by atoms with E-state index in [-0.39, 0.29) is 0 Å². The number of hydrogen-bond donors (Lipinski definition) is 2. The first-order valence-electron chi connectivity index (χ1n) is 4.77. The van der Waals surface area contributed by atoms with Crippen LogP contribution in [0.5, 0.6) is 0 Å². The third-order valence-electron chi connectivity index (χ3n) is 2.07. The molecule has 100 valence electrons. The molecule has 0 fully saturated rings. The van der Waals surface area contributed by atoms with Gasteiger partial charge in [0, 0.05) is 0 Å². The van der Waals surface area contributed by atoms with E-state index < -0.39 is 35.1 Å². The van der Waals surface area contributed by atoms with Crippen LogP contribution in [0.1, 0.15) is 30.2 Å². The van der Waals surface area contributed by atoms with Gasteiger partial charge in [-0.15, -0.1) is 0 Å². The number of carbonyl (C=O) groups is 2. The van der Waals surface area contributed by atoms with Gasteiger partial charge in [0.15, 0.2) is 5.76 Å². The second kappa shape index (κ2) is 4.35. The predicted octanol–water partition coefficient (Wildman–Crippen LogP) is 1.89. The Morgan fingerprint density at radius 3 is 2.22 bits per heavy atom. The van der Waals surface area contributed by atoms with Crippen molar-refractivity contribution in [2.24, 2.45) is 0 Å². The molecule has 0 radical (unpaired) electrons. The fraction of sp³-hybridized carbons (Fsp3) is 0.400. The number of carboxylic acid groups (broad SMARTS) is 1. The zero-order chi connectivity index (χ0) is 14.1. The Balaban J connectivity index is 2.87. The molecule has 0 aliphatic carbocycles. The standard InChI is InChI=1S/C10H10F3NO4/c1-9(2,8(16)17)14-7(15)5-3-4-6(18-5)10(11,12)13/h3-4H,1-2H3,(H,14,15)(H,16,17). The lowest BCUT2D eigenvalue weighted by Crippen LogP contribution is -2.49. The molecular weight excluding hydrogens is 255 g/mol. The summed E-state index contributed by atoms with van der Waals surface area (Å²) >= 11 is 0. The molecule has 1 aromatic rings. The normalized spacial score (nSPS) is 12.3. The molecule has 0 aromatic carbocycles. The lowest BCUT2D eigenvalue weighted by Gasteiger charge is -2.19. The summed E-state index contributed by atoms with van der Waals surface area (Å²) in [7, 11) is 0. The van der Waals surface area contributed by atoms with Crippen LogP contribution in [-0.4, -0.2) is 22.5 Å². The van der Waals surface area contributed by atoms with E-state index in [9.17, 15) is 22.8 Å². The van der Waals surface area contributed by atoms with Crippen LogP contribution in [-0.2, 0) is 11.0 Å². The Morgan fingerprint density at radius 2 is 1.83 bits per heavy atom. The molecular formula is C10H10F3NO4. The van der Waals surface area contributed by atoms with E-state index in [0.717, 1.165) is 6.07 Å². The maximum Gasteiger partial charge on any atom is 0.449 e. The topological polar surface area (TPSA) is 79.5 Å². The van der Waals surface area contributed by atoms with E-state index in [4.69, 9.17) is 5.11 Å². The lowest BCUT2D eigenvalue weighted by atomic mass is 10.1. The van der Waals surface area contributed by atoms with Crippen molar-refractivity contribution in [3.05, 3.63) is 23.7 Å². The molecule has 2 N–H and O–H groups in total. The third-order valence-corrected chi connectivity index (χ3v) is 2.07. The maximum absolute atomic E-state index is 12.2. The average molecular weight is 265 g/mol. The quantitative estimate of drug-likeness (QED) is 0.874. The maximum atomic E-state index is 12.2. The second-order valence-corrected chi connectivity index (χ2v) is 4.05. The Bertz CT molecular complexity index is 476. The summed E-state index contributed by atoms with van der Waals surface area (Å²) in [5, 5.41) is 10.8. The van der Waals surface area contributed by atoms with Crippen LogP contribution in [0, 0.1) is 0 Å². The molecule has 0 spiro atoms. The van der Waals surface area contributed by atoms with Crippen LogP contribution in [0.25, 0.3) is 0 Å². The van der Waals surface area contributed by atoms with Gasteiger partial charge in [-0.1, -0.05) is 0 Å². The van der Waals surface area contributed by atoms with Crippen molar-refractivity contribution in [1.82, 2.24) is 5.32 Å². The van der Waals surface area contributed by atoms with E-state index in [1.807, 2.05) is 5.32 Å². The molecule has 0 aliphatic rings. The number of amides is 1. The number of carbonyl (C=O) groups excluding carboxylic acids is 1. The molecule has 1 heterocycles. The minimum atomic E-state index is -4.69. The molecule has 1 rings (SSSR count). The van der Waals surface area contributed by atoms with Crippen LogP contribution in [0.15, 0.2) is 16.5 Å². The molecule has 0 unspecified atom stereocenters. The van der Waals surface area contributed by atoms with E-state index in [1.165, 1.54) is 13.8 Å². The SMILES string of the molecule is CC(C)(NC(=O)c1ccc(C(F)(F)F)o1)C(=O)O. The number of aliphatic carboxylic acids is 1. The Morgan fingerprint density at radius 1 is 1.28 bits per heavy atom. The van der Waals surface area contributed by atoms with Crippen molar-refractivity contribution in [3.8, 4) is 0 Å². The molecule has 0 atom stereocenters. The molecule has 1 amide bonds. The number of nitrogens with one attached hydrogen (secondary N) is 1. The van der Waals surface area contributed by atoms with Gasteiger partial charge in [-0.3, -0.25) is 4.79 Å². The smallest absolute Gasteiger partial charge is 0.449 e. The Labute approximate surface area is 99.6 Å². The van der Waals surface area contributed by atoms with Crippen molar-refractivity contribution in [2.45, 2.75) is 25.6 Å². The molecule has 0 aliphatic heterocycles. The van der Waals surface area contributed by atoms with Gasteiger partial charge in [-0.25, -0.2) is 4.79 Å². The van der Waals surface area contributed by atoms with Gasteiger partial charge in [0.25, 0.3) is 5.91 Å². The summed E-state index contributed by atoms with van der Waals surface area (Å²) in [5.74, 6) is -4.27. The number of alkyl halides is 3. The van der Waals surface area contributed by atoms with E-state index in [2.05, 4.69) is 4.42 Å². The highest BCUT2D eigenvalue weighted by Crippen LogP contribution is 2.30. The summed E-state index contributed by atoms with van der Waals surface area (Å²) in [6.45, 7) is 2.39. The van der Waals surface area contributed by atoms with Gasteiger partial charge < -0.3 is 14.8 Å². The van der Waals surface area contributed by atoms with Crippen molar-refractivity contribution in [2.75, 3.05) is 0 Å². The molecule has 8 heteroatoms. The lowest BCUT2D eigenvalue weighted by molar-refractivity contribution is -0.153. The Kier molecular flexibility index (Phi) is 3.40. The first-order valence-corrected chi connectivity index (χ1v) is 4.77. The fourth-order valence-corrected chi connectivity index (χ4v) is 1.01. The Hall–Kier alpha value is -1.99. The third kappa shape index (κ3) is 3.02. The molecule has 5 nitrogen and oxygen atoms in total. The summed E-state index contributed by atoms with van der Waals surface area (Å²) < 4.78 is 40.9. The van der Waals surface area contributed by atoms with E-state index in [1.54, 1.807) is 0 Å². The number of halogens is 3. The minimum Gasteiger partial charge on any atom is -0.480 e. The van der Waals surface area contributed by atoms with Crippen molar-refractivity contribution >= 4 is 11.9 Å². The summed E-state index contributed by atoms with van der Waals surface area (Å²) in [6, 6.07) is 1.43. The molecule has 0 saturated carbocycles. The molecule has 1 aromatic heterocycles. The second-order valence-electron chi connectivity index (χ2n) is 4.05. The molecule has 0 saturated heterocycles. The number of carboxylic acids is 1. The van der Waals surface area contributed by atoms with Crippen molar-refractivity contribution in [1.29, 1.82) is 0 Å². The van der Waals surface area contributed by atoms with Crippen LogP contribution >= 0.6 is 0 Å². The highest BCUT2D eigenvalue weighted by molar-refractivity contribution is 5.95. The van der Waals surface area contributed by atoms with Gasteiger partial charge in [0.2, 0.25) is 5.76 Å². The minimum absolute atomic E-state index is 0.600. The highest BCUT2D eigenvalue weighted by Gasteiger charge is 2.36. The largest absolute Gasteiger partial charge is 0.480 e. The summed E-state index contributed by atoms with van der Waals surface area (Å²) in [6.07, 6.45) is -4.69. The first-order chi connectivity index (χ1) is 8.04. The summed E-state index contributed by atoms with van der Waals surface area (Å²) in [4.78, 5) is 22.2. The van der Waals surface area contributed by atoms with Gasteiger partial charge >= 0.3 is 12.1 Å².